The maximum Gasteiger partial charge on any atom is 1.00 e. The van der Waals surface area contributed by atoms with Crippen molar-refractivity contribution in [3.63, 3.8) is 0 Å². The van der Waals surface area contributed by atoms with E-state index in [1.54, 1.807) is 17.1 Å². The Kier molecular flexibility index (Phi) is 12.0. The molecule has 238 valence electrons. The number of methoxy groups -OCH3 is 1. The Morgan fingerprint density at radius 2 is 1.22 bits per heavy atom. The number of esters is 1. The molecule has 4 aromatic rings. The van der Waals surface area contributed by atoms with Gasteiger partial charge in [0.25, 0.3) is 0 Å². The fraction of sp³-hybridized carbons (Fsp3) is 0.429. The zero-order chi connectivity index (χ0) is 32.1. The van der Waals surface area contributed by atoms with Crippen LogP contribution in [0.25, 0.3) is 0 Å². The summed E-state index contributed by atoms with van der Waals surface area (Å²) in [6.07, 6.45) is 6.86. The third kappa shape index (κ3) is 8.36. The Labute approximate surface area is 283 Å². The molecular weight excluding hydrogens is 575 g/mol. The molecule has 0 saturated carbocycles. The molecule has 0 atom stereocenters. The quantitative estimate of drug-likeness (QED) is 0.203. The summed E-state index contributed by atoms with van der Waals surface area (Å²) in [7, 11) is 5.68. The van der Waals surface area contributed by atoms with E-state index in [9.17, 15) is 14.7 Å². The molecule has 0 radical (unpaired) electrons. The molecule has 0 amide bonds. The number of aromatic carboxylic acids is 1. The summed E-state index contributed by atoms with van der Waals surface area (Å²) in [5.74, 6) is -1.48. The SMILES string of the molecule is CCc1nn(Cc2ccc3c(c2)CN(C)CC3)cc1C(=O)OC.CCc1nn(Cc2ccc3c(c2)CN(C)CC3)cc1C(=O)[O-].[Li+]. The summed E-state index contributed by atoms with van der Waals surface area (Å²) in [5, 5.41) is 20.0. The second-order valence-corrected chi connectivity index (χ2v) is 12.0. The Bertz CT molecular complexity index is 1680. The molecule has 2 aromatic carbocycles. The van der Waals surface area contributed by atoms with Gasteiger partial charge < -0.3 is 24.4 Å². The van der Waals surface area contributed by atoms with Crippen molar-refractivity contribution < 1.29 is 38.3 Å². The van der Waals surface area contributed by atoms with E-state index in [2.05, 4.69) is 70.5 Å². The topological polar surface area (TPSA) is 109 Å². The van der Waals surface area contributed by atoms with Gasteiger partial charge in [-0.15, -0.1) is 0 Å². The van der Waals surface area contributed by atoms with Crippen LogP contribution < -0.4 is 24.0 Å². The van der Waals surface area contributed by atoms with Crippen molar-refractivity contribution >= 4 is 11.9 Å². The summed E-state index contributed by atoms with van der Waals surface area (Å²) in [6, 6.07) is 13.1. The smallest absolute Gasteiger partial charge is 0.545 e. The Balaban J connectivity index is 0.000000205. The molecule has 0 fully saturated rings. The van der Waals surface area contributed by atoms with Gasteiger partial charge in [-0.1, -0.05) is 50.2 Å². The number of carbonyl (C=O) groups excluding carboxylic acids is 2. The number of nitrogens with zero attached hydrogens (tertiary/aromatic N) is 6. The minimum absolute atomic E-state index is 0. The van der Waals surface area contributed by atoms with Gasteiger partial charge in [0.15, 0.2) is 0 Å². The van der Waals surface area contributed by atoms with Crippen LogP contribution in [0.15, 0.2) is 48.8 Å². The normalized spacial score (nSPS) is 14.4. The van der Waals surface area contributed by atoms with Crippen LogP contribution in [0.5, 0.6) is 0 Å². The van der Waals surface area contributed by atoms with Gasteiger partial charge in [-0.25, -0.2) is 4.79 Å². The number of ether oxygens (including phenoxy) is 1. The second kappa shape index (κ2) is 15.7. The molecule has 10 nitrogen and oxygen atoms in total. The number of likely N-dealkylation sites (N-methyl/N-ethyl adjacent to an activating group) is 2. The maximum absolute atomic E-state index is 11.8. The van der Waals surface area contributed by atoms with Crippen LogP contribution in [0, 0.1) is 0 Å². The average molecular weight is 619 g/mol. The standard InChI is InChI=1S/C18H23N3O2.C17H21N3O2.Li/c1-4-17-16(18(22)23-3)12-21(19-17)10-13-5-6-14-7-8-20(2)11-15(14)9-13;1-3-16-15(17(21)22)11-20(18-16)9-12-4-5-13-6-7-19(2)10-14(13)8-12;/h5-6,9,12H,4,7-8,10-11H2,1-3H3;4-5,8,11H,3,6-7,9-10H2,1-2H3,(H,21,22);/q;;+1/p-1. The predicted octanol–water partition coefficient (Wildman–Crippen LogP) is 0.118. The number of hydrogen-bond acceptors (Lipinski definition) is 8. The number of rotatable bonds is 8. The van der Waals surface area contributed by atoms with Crippen LogP contribution in [0.2, 0.25) is 0 Å². The third-order valence-electron chi connectivity index (χ3n) is 8.61. The minimum Gasteiger partial charge on any atom is -0.545 e. The fourth-order valence-corrected chi connectivity index (χ4v) is 6.13. The first-order chi connectivity index (χ1) is 21.7. The molecule has 2 aromatic heterocycles. The van der Waals surface area contributed by atoms with E-state index in [0.29, 0.717) is 37.2 Å². The van der Waals surface area contributed by atoms with E-state index in [0.717, 1.165) is 50.3 Å². The summed E-state index contributed by atoms with van der Waals surface area (Å²) in [6.45, 7) is 9.32. The summed E-state index contributed by atoms with van der Waals surface area (Å²) in [4.78, 5) is 27.6. The van der Waals surface area contributed by atoms with Crippen molar-refractivity contribution in [2.45, 2.75) is 65.7 Å². The number of fused-ring (bicyclic) bond motifs is 2. The molecule has 0 bridgehead atoms. The van der Waals surface area contributed by atoms with Crippen LogP contribution in [0.1, 0.15) is 79.3 Å². The van der Waals surface area contributed by atoms with Gasteiger partial charge >= 0.3 is 24.8 Å². The summed E-state index contributed by atoms with van der Waals surface area (Å²) >= 11 is 0. The zero-order valence-electron chi connectivity index (χ0n) is 28.0. The van der Waals surface area contributed by atoms with E-state index < -0.39 is 5.97 Å². The average Bonchev–Trinajstić information content (AvgIpc) is 3.64. The van der Waals surface area contributed by atoms with E-state index >= 15 is 0 Å². The third-order valence-corrected chi connectivity index (χ3v) is 8.61. The number of carboxylic acid groups (broad SMARTS) is 1. The van der Waals surface area contributed by atoms with Gasteiger partial charge in [0, 0.05) is 44.1 Å². The Morgan fingerprint density at radius 1 is 0.761 bits per heavy atom. The maximum atomic E-state index is 11.8. The molecule has 0 saturated heterocycles. The van der Waals surface area contributed by atoms with Crippen LogP contribution in [0.4, 0.5) is 0 Å². The zero-order valence-corrected chi connectivity index (χ0v) is 28.0. The first kappa shape index (κ1) is 35.2. The molecule has 11 heteroatoms. The molecule has 0 aliphatic carbocycles. The van der Waals surface area contributed by atoms with E-state index in [1.165, 1.54) is 34.9 Å². The van der Waals surface area contributed by atoms with Gasteiger partial charge in [0.05, 0.1) is 37.6 Å². The van der Waals surface area contributed by atoms with Gasteiger partial charge in [-0.2, -0.15) is 10.2 Å². The number of aryl methyl sites for hydroxylation is 2. The first-order valence-electron chi connectivity index (χ1n) is 15.7. The first-order valence-corrected chi connectivity index (χ1v) is 15.7. The van der Waals surface area contributed by atoms with Crippen molar-refractivity contribution in [2.24, 2.45) is 0 Å². The van der Waals surface area contributed by atoms with E-state index in [4.69, 9.17) is 4.74 Å². The van der Waals surface area contributed by atoms with Crippen LogP contribution >= 0.6 is 0 Å². The number of benzene rings is 2. The summed E-state index contributed by atoms with van der Waals surface area (Å²) < 4.78 is 8.36. The van der Waals surface area contributed by atoms with Crippen LogP contribution in [0.3, 0.4) is 0 Å². The number of carboxylic acids is 1. The van der Waals surface area contributed by atoms with Crippen molar-refractivity contribution in [1.29, 1.82) is 0 Å². The van der Waals surface area contributed by atoms with Crippen molar-refractivity contribution in [1.82, 2.24) is 29.4 Å². The van der Waals surface area contributed by atoms with Gasteiger partial charge in [0.1, 0.15) is 5.56 Å². The summed E-state index contributed by atoms with van der Waals surface area (Å²) in [5.41, 5.74) is 10.1. The van der Waals surface area contributed by atoms with Crippen LogP contribution in [-0.4, -0.2) is 75.6 Å². The van der Waals surface area contributed by atoms with Crippen molar-refractivity contribution in [2.75, 3.05) is 34.3 Å². The molecule has 4 heterocycles. The van der Waals surface area contributed by atoms with Crippen molar-refractivity contribution in [3.05, 3.63) is 105 Å². The minimum atomic E-state index is -1.16. The molecule has 0 N–H and O–H groups in total. The van der Waals surface area contributed by atoms with Gasteiger partial charge in [-0.3, -0.25) is 9.36 Å². The number of aromatic nitrogens is 4. The fourth-order valence-electron chi connectivity index (χ4n) is 6.13. The van der Waals surface area contributed by atoms with Crippen molar-refractivity contribution in [3.8, 4) is 0 Å². The molecule has 2 aliphatic rings. The molecule has 0 unspecified atom stereocenters. The van der Waals surface area contributed by atoms with Crippen LogP contribution in [-0.2, 0) is 56.6 Å². The molecule has 46 heavy (non-hydrogen) atoms. The molecular formula is C35H43LiN6O4. The number of hydrogen-bond donors (Lipinski definition) is 0. The predicted molar refractivity (Wildman–Crippen MR) is 170 cm³/mol. The van der Waals surface area contributed by atoms with E-state index in [1.807, 2.05) is 18.5 Å². The van der Waals surface area contributed by atoms with Gasteiger partial charge in [0.2, 0.25) is 0 Å². The van der Waals surface area contributed by atoms with Gasteiger partial charge in [-0.05, 0) is 73.2 Å². The molecule has 0 spiro atoms. The van der Waals surface area contributed by atoms with E-state index in [-0.39, 0.29) is 30.4 Å². The molecule has 6 rings (SSSR count). The number of carbonyl (C=O) groups is 2. The second-order valence-electron chi connectivity index (χ2n) is 12.0. The largest absolute Gasteiger partial charge is 1.00 e. The monoisotopic (exact) mass is 618 g/mol. The Hall–Kier alpha value is -3.68. The Morgan fingerprint density at radius 3 is 1.63 bits per heavy atom. The molecule has 2 aliphatic heterocycles.